The molecule has 0 atom stereocenters. The number of hydrogen-bond acceptors (Lipinski definition) is 5. The van der Waals surface area contributed by atoms with Crippen LogP contribution in [0.25, 0.3) is 0 Å². The zero-order valence-electron chi connectivity index (χ0n) is 16.8. The lowest BCUT2D eigenvalue weighted by Gasteiger charge is -2.38. The van der Waals surface area contributed by atoms with E-state index >= 15 is 0 Å². The van der Waals surface area contributed by atoms with Crippen LogP contribution in [-0.2, 0) is 22.0 Å². The second-order valence-electron chi connectivity index (χ2n) is 8.17. The topological polar surface area (TPSA) is 77.9 Å². The lowest BCUT2D eigenvalue weighted by Crippen LogP contribution is -2.44. The Bertz CT molecular complexity index is 1060. The van der Waals surface area contributed by atoms with E-state index in [9.17, 15) is 22.7 Å². The van der Waals surface area contributed by atoms with Gasteiger partial charge in [-0.05, 0) is 60.7 Å². The van der Waals surface area contributed by atoms with Crippen LogP contribution in [0.2, 0.25) is 0 Å². The van der Waals surface area contributed by atoms with Crippen molar-refractivity contribution in [2.24, 2.45) is 0 Å². The molecule has 0 unspecified atom stereocenters. The van der Waals surface area contributed by atoms with Crippen molar-refractivity contribution in [3.8, 4) is 0 Å². The van der Waals surface area contributed by atoms with Crippen molar-refractivity contribution in [1.29, 1.82) is 0 Å². The molecule has 0 saturated carbocycles. The smallest absolute Gasteiger partial charge is 0.232 e. The van der Waals surface area contributed by atoms with Gasteiger partial charge in [0, 0.05) is 25.2 Å². The Labute approximate surface area is 176 Å². The summed E-state index contributed by atoms with van der Waals surface area (Å²) in [5, 5.41) is 10.9. The van der Waals surface area contributed by atoms with Gasteiger partial charge in [0.25, 0.3) is 0 Å². The number of likely N-dealkylation sites (tertiary alicyclic amines) is 1. The molecule has 0 radical (unpaired) electrons. The minimum absolute atomic E-state index is 0.0252. The summed E-state index contributed by atoms with van der Waals surface area (Å²) in [5.41, 5.74) is 1.79. The summed E-state index contributed by atoms with van der Waals surface area (Å²) >= 11 is 0. The molecule has 1 N–H and O–H groups in total. The van der Waals surface area contributed by atoms with Gasteiger partial charge in [-0.1, -0.05) is 12.1 Å². The normalized spacial score (nSPS) is 19.0. The summed E-state index contributed by atoms with van der Waals surface area (Å²) in [6.07, 6.45) is 2.72. The number of Topliss-reactive ketones (excluding diaryl/α,β-unsaturated/α-hetero) is 1. The van der Waals surface area contributed by atoms with Crippen LogP contribution in [0.5, 0.6) is 0 Å². The van der Waals surface area contributed by atoms with Gasteiger partial charge < -0.3 is 5.11 Å². The largest absolute Gasteiger partial charge is 0.385 e. The maximum absolute atomic E-state index is 13.1. The third kappa shape index (κ3) is 4.12. The van der Waals surface area contributed by atoms with Gasteiger partial charge in [-0.3, -0.25) is 14.0 Å². The molecule has 0 aliphatic carbocycles. The van der Waals surface area contributed by atoms with Crippen molar-refractivity contribution in [2.75, 3.05) is 36.7 Å². The number of aliphatic hydroxyl groups is 1. The highest BCUT2D eigenvalue weighted by atomic mass is 32.2. The van der Waals surface area contributed by atoms with E-state index < -0.39 is 15.6 Å². The Morgan fingerprint density at radius 2 is 1.77 bits per heavy atom. The van der Waals surface area contributed by atoms with E-state index in [1.165, 1.54) is 22.7 Å². The number of ketones is 1. The van der Waals surface area contributed by atoms with Gasteiger partial charge in [-0.2, -0.15) is 0 Å². The van der Waals surface area contributed by atoms with E-state index in [1.807, 2.05) is 4.90 Å². The van der Waals surface area contributed by atoms with Gasteiger partial charge in [0.15, 0.2) is 5.78 Å². The second kappa shape index (κ2) is 7.76. The molecule has 1 saturated heterocycles. The van der Waals surface area contributed by atoms with E-state index in [4.69, 9.17) is 0 Å². The summed E-state index contributed by atoms with van der Waals surface area (Å²) < 4.78 is 38.2. The molecule has 4 rings (SSSR count). The van der Waals surface area contributed by atoms with Crippen LogP contribution in [0.3, 0.4) is 0 Å². The number of rotatable bonds is 5. The van der Waals surface area contributed by atoms with Gasteiger partial charge in [-0.25, -0.2) is 12.8 Å². The first-order chi connectivity index (χ1) is 14.2. The van der Waals surface area contributed by atoms with Gasteiger partial charge in [0.2, 0.25) is 10.0 Å². The highest BCUT2D eigenvalue weighted by molar-refractivity contribution is 7.92. The number of carbonyl (C=O) groups excluding carboxylic acids is 1. The molecule has 0 spiro atoms. The fraction of sp³-hybridized carbons (Fsp3) is 0.409. The Balaban J connectivity index is 1.39. The maximum Gasteiger partial charge on any atom is 0.232 e. The molecular formula is C22H25FN2O4S. The van der Waals surface area contributed by atoms with E-state index in [0.717, 1.165) is 5.56 Å². The highest BCUT2D eigenvalue weighted by Crippen LogP contribution is 2.33. The van der Waals surface area contributed by atoms with Crippen molar-refractivity contribution < 1.29 is 22.7 Å². The van der Waals surface area contributed by atoms with Crippen LogP contribution >= 0.6 is 0 Å². The van der Waals surface area contributed by atoms with E-state index in [1.54, 1.807) is 30.3 Å². The number of anilines is 1. The zero-order valence-corrected chi connectivity index (χ0v) is 17.7. The van der Waals surface area contributed by atoms with E-state index in [-0.39, 0.29) is 18.1 Å². The maximum atomic E-state index is 13.1. The average molecular weight is 433 g/mol. The molecule has 160 valence electrons. The SMILES string of the molecule is CS(=O)(=O)N1CCc2cc(C(=O)CN3CCC(O)(c4ccc(F)cc4)CC3)ccc21. The number of carbonyl (C=O) groups is 1. The van der Waals surface area contributed by atoms with Crippen molar-refractivity contribution in [1.82, 2.24) is 4.90 Å². The van der Waals surface area contributed by atoms with Crippen molar-refractivity contribution in [3.63, 3.8) is 0 Å². The zero-order chi connectivity index (χ0) is 21.5. The fourth-order valence-corrected chi connectivity index (χ4v) is 5.27. The first kappa shape index (κ1) is 21.0. The van der Waals surface area contributed by atoms with Gasteiger partial charge >= 0.3 is 0 Å². The summed E-state index contributed by atoms with van der Waals surface area (Å²) in [6.45, 7) is 1.77. The molecule has 1 fully saturated rings. The first-order valence-corrected chi connectivity index (χ1v) is 11.9. The van der Waals surface area contributed by atoms with Crippen LogP contribution in [0.1, 0.15) is 34.3 Å². The minimum Gasteiger partial charge on any atom is -0.385 e. The summed E-state index contributed by atoms with van der Waals surface area (Å²) in [4.78, 5) is 14.8. The van der Waals surface area contributed by atoms with E-state index in [0.29, 0.717) is 55.7 Å². The Kier molecular flexibility index (Phi) is 5.42. The molecule has 0 bridgehead atoms. The predicted octanol–water partition coefficient (Wildman–Crippen LogP) is 2.31. The molecule has 2 aromatic rings. The minimum atomic E-state index is -3.31. The monoisotopic (exact) mass is 432 g/mol. The predicted molar refractivity (Wildman–Crippen MR) is 113 cm³/mol. The third-order valence-corrected chi connectivity index (χ3v) is 7.27. The summed E-state index contributed by atoms with van der Waals surface area (Å²) in [6, 6.07) is 11.1. The molecule has 30 heavy (non-hydrogen) atoms. The lowest BCUT2D eigenvalue weighted by atomic mass is 9.84. The molecule has 6 nitrogen and oxygen atoms in total. The quantitative estimate of drug-likeness (QED) is 0.734. The standard InChI is InChI=1S/C22H25FN2O4S/c1-30(28,29)25-11-8-16-14-17(2-7-20(16)25)21(26)15-24-12-9-22(27,10-13-24)18-3-5-19(23)6-4-18/h2-7,14,27H,8-13,15H2,1H3. The van der Waals surface area contributed by atoms with Crippen LogP contribution in [-0.4, -0.2) is 56.6 Å². The van der Waals surface area contributed by atoms with Gasteiger partial charge in [-0.15, -0.1) is 0 Å². The number of piperidine rings is 1. The Morgan fingerprint density at radius 1 is 1.10 bits per heavy atom. The summed E-state index contributed by atoms with van der Waals surface area (Å²) in [5.74, 6) is -0.359. The molecule has 8 heteroatoms. The molecule has 0 amide bonds. The highest BCUT2D eigenvalue weighted by Gasteiger charge is 2.34. The average Bonchev–Trinajstić information content (AvgIpc) is 3.14. The molecule has 2 heterocycles. The van der Waals surface area contributed by atoms with Crippen LogP contribution in [0.15, 0.2) is 42.5 Å². The van der Waals surface area contributed by atoms with Crippen molar-refractivity contribution in [2.45, 2.75) is 24.9 Å². The Hall–Kier alpha value is -2.29. The number of sulfonamides is 1. The number of hydrogen-bond donors (Lipinski definition) is 1. The number of benzene rings is 2. The van der Waals surface area contributed by atoms with Crippen LogP contribution in [0.4, 0.5) is 10.1 Å². The number of fused-ring (bicyclic) bond motifs is 1. The molecule has 2 aliphatic rings. The van der Waals surface area contributed by atoms with Crippen LogP contribution < -0.4 is 4.31 Å². The molecule has 2 aromatic carbocycles. The number of nitrogens with zero attached hydrogens (tertiary/aromatic N) is 2. The fourth-order valence-electron chi connectivity index (χ4n) is 4.31. The molecular weight excluding hydrogens is 407 g/mol. The molecule has 0 aromatic heterocycles. The van der Waals surface area contributed by atoms with Crippen LogP contribution in [0, 0.1) is 5.82 Å². The first-order valence-electron chi connectivity index (χ1n) is 10.0. The van der Waals surface area contributed by atoms with Crippen molar-refractivity contribution in [3.05, 3.63) is 65.0 Å². The third-order valence-electron chi connectivity index (χ3n) is 6.09. The van der Waals surface area contributed by atoms with E-state index in [2.05, 4.69) is 0 Å². The second-order valence-corrected chi connectivity index (χ2v) is 10.1. The van der Waals surface area contributed by atoms with Gasteiger partial charge in [0.05, 0.1) is 24.1 Å². The molecule has 2 aliphatic heterocycles. The number of halogens is 1. The Morgan fingerprint density at radius 3 is 2.40 bits per heavy atom. The van der Waals surface area contributed by atoms with Gasteiger partial charge in [0.1, 0.15) is 5.82 Å². The lowest BCUT2D eigenvalue weighted by molar-refractivity contribution is -0.0245. The summed E-state index contributed by atoms with van der Waals surface area (Å²) in [7, 11) is -3.31. The van der Waals surface area contributed by atoms with Crippen molar-refractivity contribution >= 4 is 21.5 Å².